The summed E-state index contributed by atoms with van der Waals surface area (Å²) in [6, 6.07) is 29.5. The van der Waals surface area contributed by atoms with Crippen LogP contribution in [0.3, 0.4) is 0 Å². The maximum atomic E-state index is 13.2. The second-order valence-corrected chi connectivity index (χ2v) is 9.25. The number of carbonyl (C=O) groups excluding carboxylic acids is 1. The third kappa shape index (κ3) is 4.26. The van der Waals surface area contributed by atoms with E-state index in [-0.39, 0.29) is 16.1 Å². The Bertz CT molecular complexity index is 1560. The van der Waals surface area contributed by atoms with Crippen LogP contribution in [0.25, 0.3) is 22.4 Å². The highest BCUT2D eigenvalue weighted by atomic mass is 32.2. The lowest BCUT2D eigenvalue weighted by molar-refractivity contribution is 0.102. The van der Waals surface area contributed by atoms with E-state index in [0.29, 0.717) is 11.5 Å². The van der Waals surface area contributed by atoms with Crippen LogP contribution >= 0.6 is 0 Å². The number of hydrogen-bond donors (Lipinski definition) is 3. The van der Waals surface area contributed by atoms with E-state index in [9.17, 15) is 13.2 Å². The molecule has 7 nitrogen and oxygen atoms in total. The zero-order valence-corrected chi connectivity index (χ0v) is 18.7. The van der Waals surface area contributed by atoms with E-state index in [1.807, 2.05) is 42.5 Å². The van der Waals surface area contributed by atoms with Gasteiger partial charge < -0.3 is 10.3 Å². The Morgan fingerprint density at radius 1 is 0.735 bits per heavy atom. The molecule has 0 saturated carbocycles. The Labute approximate surface area is 196 Å². The summed E-state index contributed by atoms with van der Waals surface area (Å²) >= 11 is 0. The van der Waals surface area contributed by atoms with Crippen molar-refractivity contribution in [2.45, 2.75) is 4.90 Å². The van der Waals surface area contributed by atoms with Gasteiger partial charge in [-0.05, 0) is 48.5 Å². The topological polar surface area (TPSA) is 104 Å². The fourth-order valence-corrected chi connectivity index (χ4v) is 4.74. The molecular formula is C26H20N4O3S. The Morgan fingerprint density at radius 2 is 1.38 bits per heavy atom. The number of nitrogens with one attached hydrogen (secondary N) is 3. The zero-order valence-electron chi connectivity index (χ0n) is 17.9. The average Bonchev–Trinajstić information content (AvgIpc) is 3.29. The molecular weight excluding hydrogens is 448 g/mol. The lowest BCUT2D eigenvalue weighted by Crippen LogP contribution is -2.19. The van der Waals surface area contributed by atoms with Gasteiger partial charge in [0.15, 0.2) is 0 Å². The van der Waals surface area contributed by atoms with Crippen molar-refractivity contribution in [3.8, 4) is 11.4 Å². The number of imidazole rings is 1. The summed E-state index contributed by atoms with van der Waals surface area (Å²) in [7, 11) is -3.85. The van der Waals surface area contributed by atoms with Crippen LogP contribution in [0.15, 0.2) is 108 Å². The van der Waals surface area contributed by atoms with Gasteiger partial charge in [0, 0.05) is 5.56 Å². The molecule has 1 heterocycles. The van der Waals surface area contributed by atoms with E-state index >= 15 is 0 Å². The Balaban J connectivity index is 1.45. The molecule has 0 unspecified atom stereocenters. The minimum absolute atomic E-state index is 0.112. The van der Waals surface area contributed by atoms with Crippen LogP contribution in [0.2, 0.25) is 0 Å². The lowest BCUT2D eigenvalue weighted by atomic mass is 10.1. The van der Waals surface area contributed by atoms with Crippen molar-refractivity contribution in [2.24, 2.45) is 0 Å². The van der Waals surface area contributed by atoms with Crippen LogP contribution in [-0.4, -0.2) is 24.3 Å². The molecule has 3 N–H and O–H groups in total. The summed E-state index contributed by atoms with van der Waals surface area (Å²) in [5.41, 5.74) is 3.35. The minimum atomic E-state index is -3.85. The lowest BCUT2D eigenvalue weighted by Gasteiger charge is -2.14. The SMILES string of the molecule is O=C(Nc1ccccc1-c1nc2ccccc2[nH]1)c1ccccc1NS(=O)(=O)c1ccccc1. The van der Waals surface area contributed by atoms with Crippen LogP contribution in [0, 0.1) is 0 Å². The van der Waals surface area contributed by atoms with Crippen molar-refractivity contribution < 1.29 is 13.2 Å². The Morgan fingerprint density at radius 3 is 2.18 bits per heavy atom. The van der Waals surface area contributed by atoms with Crippen molar-refractivity contribution in [1.29, 1.82) is 0 Å². The monoisotopic (exact) mass is 468 g/mol. The van der Waals surface area contributed by atoms with Gasteiger partial charge in [-0.25, -0.2) is 13.4 Å². The number of fused-ring (bicyclic) bond motifs is 1. The number of amides is 1. The van der Waals surface area contributed by atoms with Crippen molar-refractivity contribution in [1.82, 2.24) is 9.97 Å². The molecule has 0 saturated heterocycles. The van der Waals surface area contributed by atoms with Gasteiger partial charge in [0.1, 0.15) is 5.82 Å². The molecule has 0 spiro atoms. The molecule has 0 radical (unpaired) electrons. The molecule has 8 heteroatoms. The van der Waals surface area contributed by atoms with Gasteiger partial charge >= 0.3 is 0 Å². The second-order valence-electron chi connectivity index (χ2n) is 7.57. The van der Waals surface area contributed by atoms with Gasteiger partial charge in [0.25, 0.3) is 15.9 Å². The quantitative estimate of drug-likeness (QED) is 0.315. The summed E-state index contributed by atoms with van der Waals surface area (Å²) in [5, 5.41) is 2.90. The Hall–Kier alpha value is -4.43. The maximum absolute atomic E-state index is 13.2. The van der Waals surface area contributed by atoms with Gasteiger partial charge in [-0.1, -0.05) is 54.6 Å². The fourth-order valence-electron chi connectivity index (χ4n) is 3.64. The van der Waals surface area contributed by atoms with Crippen LogP contribution in [0.5, 0.6) is 0 Å². The predicted molar refractivity (Wildman–Crippen MR) is 133 cm³/mol. The number of rotatable bonds is 6. The molecule has 0 bridgehead atoms. The predicted octanol–water partition coefficient (Wildman–Crippen LogP) is 5.28. The van der Waals surface area contributed by atoms with Crippen molar-refractivity contribution in [3.05, 3.63) is 109 Å². The number of carbonyl (C=O) groups is 1. The van der Waals surface area contributed by atoms with E-state index in [1.165, 1.54) is 12.1 Å². The third-order valence-electron chi connectivity index (χ3n) is 5.29. The number of benzene rings is 4. The van der Waals surface area contributed by atoms with E-state index in [4.69, 9.17) is 0 Å². The molecule has 0 aliphatic heterocycles. The summed E-state index contributed by atoms with van der Waals surface area (Å²) in [6.45, 7) is 0. The molecule has 1 amide bonds. The number of anilines is 2. The van der Waals surface area contributed by atoms with Crippen molar-refractivity contribution in [3.63, 3.8) is 0 Å². The van der Waals surface area contributed by atoms with Crippen molar-refractivity contribution >= 4 is 38.3 Å². The normalized spacial score (nSPS) is 11.3. The van der Waals surface area contributed by atoms with Gasteiger partial charge in [0.2, 0.25) is 0 Å². The van der Waals surface area contributed by atoms with Gasteiger partial charge in [-0.2, -0.15) is 0 Å². The van der Waals surface area contributed by atoms with Crippen LogP contribution in [0.4, 0.5) is 11.4 Å². The molecule has 4 aromatic carbocycles. The number of para-hydroxylation sites is 4. The number of sulfonamides is 1. The first-order valence-corrected chi connectivity index (χ1v) is 12.0. The Kier molecular flexibility index (Phi) is 5.57. The van der Waals surface area contributed by atoms with E-state index < -0.39 is 15.9 Å². The average molecular weight is 469 g/mol. The van der Waals surface area contributed by atoms with E-state index in [0.717, 1.165) is 16.6 Å². The first-order valence-electron chi connectivity index (χ1n) is 10.5. The van der Waals surface area contributed by atoms with Gasteiger partial charge in [0.05, 0.1) is 32.9 Å². The number of hydrogen-bond acceptors (Lipinski definition) is 4. The molecule has 168 valence electrons. The fraction of sp³-hybridized carbons (Fsp3) is 0. The minimum Gasteiger partial charge on any atom is -0.338 e. The molecule has 0 aliphatic rings. The second kappa shape index (κ2) is 8.84. The first-order chi connectivity index (χ1) is 16.5. The van der Waals surface area contributed by atoms with Crippen LogP contribution in [-0.2, 0) is 10.0 Å². The highest BCUT2D eigenvalue weighted by molar-refractivity contribution is 7.92. The molecule has 34 heavy (non-hydrogen) atoms. The summed E-state index contributed by atoms with van der Waals surface area (Å²) in [5.74, 6) is 0.171. The highest BCUT2D eigenvalue weighted by Crippen LogP contribution is 2.29. The number of nitrogens with zero attached hydrogens (tertiary/aromatic N) is 1. The largest absolute Gasteiger partial charge is 0.338 e. The molecule has 0 atom stereocenters. The highest BCUT2D eigenvalue weighted by Gasteiger charge is 2.19. The number of H-pyrrole nitrogens is 1. The summed E-state index contributed by atoms with van der Waals surface area (Å²) < 4.78 is 28.1. The standard InChI is InChI=1S/C26H20N4O3S/c31-26(20-13-5-7-15-22(20)30-34(32,33)18-10-2-1-3-11-18)29-21-14-6-4-12-19(21)25-27-23-16-8-9-17-24(23)28-25/h1-17,30H,(H,27,28)(H,29,31). The molecule has 1 aromatic heterocycles. The smallest absolute Gasteiger partial charge is 0.261 e. The molecule has 5 aromatic rings. The van der Waals surface area contributed by atoms with Crippen LogP contribution < -0.4 is 10.0 Å². The number of aromatic nitrogens is 2. The van der Waals surface area contributed by atoms with E-state index in [2.05, 4.69) is 20.0 Å². The first kappa shape index (κ1) is 21.4. The maximum Gasteiger partial charge on any atom is 0.261 e. The summed E-state index contributed by atoms with van der Waals surface area (Å²) in [6.07, 6.45) is 0. The third-order valence-corrected chi connectivity index (χ3v) is 6.67. The van der Waals surface area contributed by atoms with E-state index in [1.54, 1.807) is 48.5 Å². The molecule has 5 rings (SSSR count). The summed E-state index contributed by atoms with van der Waals surface area (Å²) in [4.78, 5) is 21.2. The van der Waals surface area contributed by atoms with Crippen molar-refractivity contribution in [2.75, 3.05) is 10.0 Å². The van der Waals surface area contributed by atoms with Gasteiger partial charge in [-0.3, -0.25) is 9.52 Å². The molecule has 0 aliphatic carbocycles. The zero-order chi connectivity index (χ0) is 23.5. The van der Waals surface area contributed by atoms with Gasteiger partial charge in [-0.15, -0.1) is 0 Å². The molecule has 0 fully saturated rings. The van der Waals surface area contributed by atoms with Crippen LogP contribution in [0.1, 0.15) is 10.4 Å². The number of aromatic amines is 1.